The van der Waals surface area contributed by atoms with Gasteiger partial charge in [0.15, 0.2) is 0 Å². The van der Waals surface area contributed by atoms with Crippen LogP contribution in [-0.2, 0) is 36.8 Å². The number of carboxylic acids is 2. The lowest BCUT2D eigenvalue weighted by Crippen LogP contribution is -2.57. The Bertz CT molecular complexity index is 1490. The number of carbonyl (C=O) groups is 5. The van der Waals surface area contributed by atoms with E-state index in [1.807, 2.05) is 24.3 Å². The molecule has 2 aromatic carbocycles. The first-order valence-electron chi connectivity index (χ1n) is 14.0. The molecular weight excluding hydrogens is 558 g/mol. The Kier molecular flexibility index (Phi) is 9.99. The number of benzene rings is 2. The van der Waals surface area contributed by atoms with Crippen LogP contribution in [0.1, 0.15) is 36.8 Å². The van der Waals surface area contributed by atoms with Gasteiger partial charge in [-0.25, -0.2) is 4.79 Å². The van der Waals surface area contributed by atoms with Gasteiger partial charge in [-0.05, 0) is 55.0 Å². The molecule has 0 bridgehead atoms. The first kappa shape index (κ1) is 31.0. The quantitative estimate of drug-likeness (QED) is 0.150. The van der Waals surface area contributed by atoms with E-state index in [1.165, 1.54) is 12.1 Å². The van der Waals surface area contributed by atoms with Crippen molar-refractivity contribution in [2.75, 3.05) is 6.54 Å². The lowest BCUT2D eigenvalue weighted by atomic mass is 10.0. The summed E-state index contributed by atoms with van der Waals surface area (Å²) in [4.78, 5) is 67.6. The molecule has 13 heteroatoms. The molecule has 1 aliphatic heterocycles. The summed E-state index contributed by atoms with van der Waals surface area (Å²) in [5.41, 5.74) is 8.38. The third-order valence-electron chi connectivity index (χ3n) is 7.54. The molecule has 2 heterocycles. The lowest BCUT2D eigenvalue weighted by Gasteiger charge is -2.29. The zero-order valence-corrected chi connectivity index (χ0v) is 23.4. The highest BCUT2D eigenvalue weighted by molar-refractivity contribution is 5.95. The summed E-state index contributed by atoms with van der Waals surface area (Å²) < 4.78 is 0. The summed E-state index contributed by atoms with van der Waals surface area (Å²) in [7, 11) is 0. The van der Waals surface area contributed by atoms with Gasteiger partial charge < -0.3 is 41.6 Å². The topological polar surface area (TPSA) is 215 Å². The Morgan fingerprint density at radius 2 is 1.65 bits per heavy atom. The van der Waals surface area contributed by atoms with Crippen LogP contribution in [-0.4, -0.2) is 85.6 Å². The van der Waals surface area contributed by atoms with E-state index in [-0.39, 0.29) is 38.0 Å². The largest absolute Gasteiger partial charge is 0.508 e. The number of aliphatic carboxylic acids is 2. The number of aromatic nitrogens is 1. The van der Waals surface area contributed by atoms with E-state index in [0.29, 0.717) is 17.5 Å². The van der Waals surface area contributed by atoms with Crippen LogP contribution < -0.4 is 16.4 Å². The van der Waals surface area contributed by atoms with Crippen molar-refractivity contribution in [3.8, 4) is 5.75 Å². The Morgan fingerprint density at radius 3 is 2.35 bits per heavy atom. The molecule has 4 unspecified atom stereocenters. The molecule has 1 aromatic heterocycles. The lowest BCUT2D eigenvalue weighted by molar-refractivity contribution is -0.150. The Labute approximate surface area is 247 Å². The van der Waals surface area contributed by atoms with Crippen LogP contribution >= 0.6 is 0 Å². The van der Waals surface area contributed by atoms with Gasteiger partial charge >= 0.3 is 11.9 Å². The number of nitrogens with two attached hydrogens (primary N) is 1. The number of amides is 3. The number of carbonyl (C=O) groups excluding carboxylic acids is 3. The van der Waals surface area contributed by atoms with E-state index in [1.54, 1.807) is 18.3 Å². The van der Waals surface area contributed by atoms with Gasteiger partial charge in [0.05, 0.1) is 6.04 Å². The molecule has 43 heavy (non-hydrogen) atoms. The van der Waals surface area contributed by atoms with E-state index < -0.39 is 60.2 Å². The molecule has 4 rings (SSSR count). The van der Waals surface area contributed by atoms with E-state index in [9.17, 15) is 39.3 Å². The predicted octanol–water partition coefficient (Wildman–Crippen LogP) is 0.896. The van der Waals surface area contributed by atoms with Crippen LogP contribution in [0, 0.1) is 0 Å². The molecule has 1 saturated heterocycles. The second-order valence-electron chi connectivity index (χ2n) is 10.6. The molecule has 228 valence electrons. The molecule has 0 aliphatic carbocycles. The van der Waals surface area contributed by atoms with Gasteiger partial charge in [-0.2, -0.15) is 0 Å². The number of carboxylic acid groups (broad SMARTS) is 2. The molecule has 0 spiro atoms. The molecule has 1 aliphatic rings. The van der Waals surface area contributed by atoms with Crippen molar-refractivity contribution < 1.29 is 39.3 Å². The number of aromatic amines is 1. The van der Waals surface area contributed by atoms with Gasteiger partial charge in [0.2, 0.25) is 17.7 Å². The fourth-order valence-corrected chi connectivity index (χ4v) is 5.27. The summed E-state index contributed by atoms with van der Waals surface area (Å²) in [5, 5.41) is 34.4. The van der Waals surface area contributed by atoms with Gasteiger partial charge in [0, 0.05) is 36.5 Å². The number of H-pyrrole nitrogens is 1. The number of rotatable bonds is 13. The highest BCUT2D eigenvalue weighted by atomic mass is 16.4. The summed E-state index contributed by atoms with van der Waals surface area (Å²) in [5.74, 6) is -4.38. The zero-order chi connectivity index (χ0) is 31.1. The van der Waals surface area contributed by atoms with E-state index >= 15 is 0 Å². The molecule has 8 N–H and O–H groups in total. The molecular formula is C30H35N5O8. The van der Waals surface area contributed by atoms with Gasteiger partial charge in [-0.1, -0.05) is 30.3 Å². The number of hydrogen-bond donors (Lipinski definition) is 7. The summed E-state index contributed by atoms with van der Waals surface area (Å²) >= 11 is 0. The molecule has 0 radical (unpaired) electrons. The maximum absolute atomic E-state index is 13.7. The first-order valence-corrected chi connectivity index (χ1v) is 14.0. The molecule has 4 atom stereocenters. The molecule has 1 fully saturated rings. The second-order valence-corrected chi connectivity index (χ2v) is 10.6. The van der Waals surface area contributed by atoms with Crippen molar-refractivity contribution in [1.82, 2.24) is 20.5 Å². The smallest absolute Gasteiger partial charge is 0.326 e. The minimum absolute atomic E-state index is 0.0226. The van der Waals surface area contributed by atoms with Gasteiger partial charge in [-0.3, -0.25) is 19.2 Å². The molecule has 3 amide bonds. The molecule has 13 nitrogen and oxygen atoms in total. The summed E-state index contributed by atoms with van der Waals surface area (Å²) in [6, 6.07) is 8.93. The average Bonchev–Trinajstić information content (AvgIpc) is 3.63. The number of hydrogen-bond acceptors (Lipinski definition) is 7. The van der Waals surface area contributed by atoms with Crippen LogP contribution in [0.5, 0.6) is 5.75 Å². The molecule has 3 aromatic rings. The fraction of sp³-hybridized carbons (Fsp3) is 0.367. The van der Waals surface area contributed by atoms with Gasteiger partial charge in [-0.15, -0.1) is 0 Å². The number of para-hydroxylation sites is 1. The number of phenolic OH excluding ortho intramolecular Hbond substituents is 1. The van der Waals surface area contributed by atoms with Crippen molar-refractivity contribution in [1.29, 1.82) is 0 Å². The Hall–Kier alpha value is -4.91. The van der Waals surface area contributed by atoms with Crippen LogP contribution in [0.25, 0.3) is 10.9 Å². The zero-order valence-electron chi connectivity index (χ0n) is 23.4. The number of phenols is 1. The highest BCUT2D eigenvalue weighted by Crippen LogP contribution is 2.21. The number of likely N-dealkylation sites (tertiary alicyclic amines) is 1. The van der Waals surface area contributed by atoms with Crippen LogP contribution in [0.15, 0.2) is 54.7 Å². The second kappa shape index (κ2) is 13.8. The summed E-state index contributed by atoms with van der Waals surface area (Å²) in [6.07, 6.45) is 1.85. The number of fused-ring (bicyclic) bond motifs is 1. The molecule has 0 saturated carbocycles. The van der Waals surface area contributed by atoms with E-state index in [2.05, 4.69) is 15.6 Å². The van der Waals surface area contributed by atoms with E-state index in [0.717, 1.165) is 15.8 Å². The highest BCUT2D eigenvalue weighted by Gasteiger charge is 2.38. The Balaban J connectivity index is 1.56. The number of aromatic hydroxyl groups is 1. The third-order valence-corrected chi connectivity index (χ3v) is 7.54. The number of nitrogens with zero attached hydrogens (tertiary/aromatic N) is 1. The minimum Gasteiger partial charge on any atom is -0.508 e. The van der Waals surface area contributed by atoms with Gasteiger partial charge in [0.1, 0.15) is 23.9 Å². The fourth-order valence-electron chi connectivity index (χ4n) is 5.27. The van der Waals surface area contributed by atoms with Crippen LogP contribution in [0.3, 0.4) is 0 Å². The average molecular weight is 594 g/mol. The summed E-state index contributed by atoms with van der Waals surface area (Å²) in [6.45, 7) is 0.164. The number of nitrogens with one attached hydrogen (secondary N) is 3. The van der Waals surface area contributed by atoms with E-state index in [4.69, 9.17) is 5.73 Å². The van der Waals surface area contributed by atoms with Gasteiger partial charge in [0.25, 0.3) is 0 Å². The third kappa shape index (κ3) is 7.89. The maximum atomic E-state index is 13.7. The normalized spacial score (nSPS) is 16.8. The SMILES string of the molecule is NC(Cc1ccc(O)cc1)C(=O)NC(Cc1c[nH]c2ccccc12)C(=O)NC(CCC(=O)O)C(=O)N1CCCC1C(=O)O. The monoisotopic (exact) mass is 593 g/mol. The van der Waals surface area contributed by atoms with Crippen molar-refractivity contribution >= 4 is 40.6 Å². The van der Waals surface area contributed by atoms with Crippen LogP contribution in [0.2, 0.25) is 0 Å². The van der Waals surface area contributed by atoms with Crippen LogP contribution in [0.4, 0.5) is 0 Å². The maximum Gasteiger partial charge on any atom is 0.326 e. The van der Waals surface area contributed by atoms with Crippen molar-refractivity contribution in [2.45, 2.75) is 62.7 Å². The minimum atomic E-state index is -1.32. The van der Waals surface area contributed by atoms with Crippen molar-refractivity contribution in [3.63, 3.8) is 0 Å². The Morgan fingerprint density at radius 1 is 0.953 bits per heavy atom. The van der Waals surface area contributed by atoms with Crippen molar-refractivity contribution in [3.05, 3.63) is 65.9 Å². The predicted molar refractivity (Wildman–Crippen MR) is 155 cm³/mol. The first-order chi connectivity index (χ1) is 20.5. The van der Waals surface area contributed by atoms with Crippen molar-refractivity contribution in [2.24, 2.45) is 5.73 Å². The standard InChI is InChI=1S/C30H35N5O8/c31-21(14-17-7-9-19(36)10-8-17)27(39)34-24(15-18-16-32-22-5-2-1-4-20(18)22)28(40)33-23(11-12-26(37)38)29(41)35-13-3-6-25(35)30(42)43/h1-2,4-5,7-10,16,21,23-25,32,36H,3,6,11-15,31H2,(H,33,40)(H,34,39)(H,37,38)(H,42,43).